The molecule has 16 heavy (non-hydrogen) atoms. The second-order valence-corrected chi connectivity index (χ2v) is 4.23. The van der Waals surface area contributed by atoms with Gasteiger partial charge in [-0.25, -0.2) is 0 Å². The molecule has 0 aromatic heterocycles. The maximum atomic E-state index is 9.91. The fourth-order valence-corrected chi connectivity index (χ4v) is 2.12. The van der Waals surface area contributed by atoms with Crippen LogP contribution in [0.5, 0.6) is 0 Å². The average molecular weight is 221 g/mol. The largest absolute Gasteiger partial charge is 0.386 e. The normalized spacial score (nSPS) is 16.3. The molecule has 1 aliphatic heterocycles. The highest BCUT2D eigenvalue weighted by Gasteiger charge is 2.17. The van der Waals surface area contributed by atoms with Crippen molar-refractivity contribution in [1.82, 2.24) is 0 Å². The molecule has 0 saturated carbocycles. The van der Waals surface area contributed by atoms with Gasteiger partial charge in [0, 0.05) is 25.9 Å². The van der Waals surface area contributed by atoms with Gasteiger partial charge in [-0.2, -0.15) is 0 Å². The van der Waals surface area contributed by atoms with Gasteiger partial charge in [0.15, 0.2) is 0 Å². The Kier molecular flexibility index (Phi) is 3.46. The number of hydrogen-bond acceptors (Lipinski definition) is 3. The Morgan fingerprint density at radius 2 is 2.31 bits per heavy atom. The van der Waals surface area contributed by atoms with E-state index in [9.17, 15) is 5.11 Å². The average Bonchev–Trinajstić information content (AvgIpc) is 2.67. The lowest BCUT2D eigenvalue weighted by atomic mass is 10.0. The van der Waals surface area contributed by atoms with Crippen LogP contribution in [0.3, 0.4) is 0 Å². The molecule has 1 aromatic carbocycles. The van der Waals surface area contributed by atoms with Crippen molar-refractivity contribution in [1.29, 1.82) is 0 Å². The van der Waals surface area contributed by atoms with Gasteiger partial charge < -0.3 is 14.7 Å². The Bertz CT molecular complexity index is 365. The SMILES string of the molecule is CCOCC(O)c1ccc2c(c1)CCN2C. The summed E-state index contributed by atoms with van der Waals surface area (Å²) in [6, 6.07) is 6.18. The number of anilines is 1. The summed E-state index contributed by atoms with van der Waals surface area (Å²) in [5.41, 5.74) is 3.57. The molecule has 1 N–H and O–H groups in total. The van der Waals surface area contributed by atoms with Crippen molar-refractivity contribution >= 4 is 5.69 Å². The summed E-state index contributed by atoms with van der Waals surface area (Å²) >= 11 is 0. The van der Waals surface area contributed by atoms with E-state index < -0.39 is 6.10 Å². The van der Waals surface area contributed by atoms with Gasteiger partial charge in [-0.05, 0) is 30.5 Å². The minimum Gasteiger partial charge on any atom is -0.386 e. The van der Waals surface area contributed by atoms with Gasteiger partial charge in [-0.15, -0.1) is 0 Å². The van der Waals surface area contributed by atoms with E-state index in [2.05, 4.69) is 24.1 Å². The third-order valence-electron chi connectivity index (χ3n) is 3.10. The zero-order chi connectivity index (χ0) is 11.5. The number of aliphatic hydroxyl groups is 1. The molecule has 0 radical (unpaired) electrons. The molecule has 1 atom stereocenters. The molecule has 1 heterocycles. The Labute approximate surface area is 96.6 Å². The molecule has 1 unspecified atom stereocenters. The number of rotatable bonds is 4. The van der Waals surface area contributed by atoms with Crippen LogP contribution in [0.1, 0.15) is 24.2 Å². The lowest BCUT2D eigenvalue weighted by Gasteiger charge is -2.14. The van der Waals surface area contributed by atoms with Gasteiger partial charge in [0.25, 0.3) is 0 Å². The molecule has 88 valence electrons. The van der Waals surface area contributed by atoms with E-state index in [4.69, 9.17) is 4.74 Å². The molecule has 0 fully saturated rings. The first kappa shape index (κ1) is 11.4. The van der Waals surface area contributed by atoms with Crippen molar-refractivity contribution in [2.45, 2.75) is 19.4 Å². The molecule has 1 aromatic rings. The van der Waals surface area contributed by atoms with Crippen LogP contribution in [0.2, 0.25) is 0 Å². The molecule has 0 amide bonds. The second-order valence-electron chi connectivity index (χ2n) is 4.23. The van der Waals surface area contributed by atoms with Crippen molar-refractivity contribution in [3.05, 3.63) is 29.3 Å². The highest BCUT2D eigenvalue weighted by molar-refractivity contribution is 5.58. The fraction of sp³-hybridized carbons (Fsp3) is 0.538. The van der Waals surface area contributed by atoms with Gasteiger partial charge >= 0.3 is 0 Å². The Morgan fingerprint density at radius 3 is 3.06 bits per heavy atom. The van der Waals surface area contributed by atoms with Crippen LogP contribution in [0.4, 0.5) is 5.69 Å². The summed E-state index contributed by atoms with van der Waals surface area (Å²) in [4.78, 5) is 2.24. The lowest BCUT2D eigenvalue weighted by molar-refractivity contribution is 0.0420. The minimum absolute atomic E-state index is 0.380. The third-order valence-corrected chi connectivity index (χ3v) is 3.10. The molecule has 0 spiro atoms. The summed E-state index contributed by atoms with van der Waals surface area (Å²) in [7, 11) is 2.10. The predicted octanol–water partition coefficient (Wildman–Crippen LogP) is 1.75. The first-order valence-electron chi connectivity index (χ1n) is 5.82. The first-order valence-corrected chi connectivity index (χ1v) is 5.82. The molecular formula is C13H19NO2. The summed E-state index contributed by atoms with van der Waals surface area (Å²) in [6.07, 6.45) is 0.567. The first-order chi connectivity index (χ1) is 7.72. The van der Waals surface area contributed by atoms with E-state index in [1.807, 2.05) is 13.0 Å². The van der Waals surface area contributed by atoms with Gasteiger partial charge in [0.2, 0.25) is 0 Å². The van der Waals surface area contributed by atoms with Crippen molar-refractivity contribution in [3.63, 3.8) is 0 Å². The highest BCUT2D eigenvalue weighted by Crippen LogP contribution is 2.29. The molecule has 0 bridgehead atoms. The standard InChI is InChI=1S/C13H19NO2/c1-3-16-9-13(15)11-4-5-12-10(8-11)6-7-14(12)2/h4-5,8,13,15H,3,6-7,9H2,1-2H3. The van der Waals surface area contributed by atoms with E-state index in [1.165, 1.54) is 11.3 Å². The molecule has 0 aliphatic carbocycles. The Hall–Kier alpha value is -1.06. The zero-order valence-electron chi connectivity index (χ0n) is 9.94. The number of likely N-dealkylation sites (N-methyl/N-ethyl adjacent to an activating group) is 1. The Morgan fingerprint density at radius 1 is 1.50 bits per heavy atom. The minimum atomic E-state index is -0.504. The molecule has 2 rings (SSSR count). The number of nitrogens with zero attached hydrogens (tertiary/aromatic N) is 1. The van der Waals surface area contributed by atoms with E-state index in [0.717, 1.165) is 18.5 Å². The zero-order valence-corrected chi connectivity index (χ0v) is 9.94. The Balaban J connectivity index is 2.12. The maximum Gasteiger partial charge on any atom is 0.102 e. The lowest BCUT2D eigenvalue weighted by Crippen LogP contribution is -2.12. The molecular weight excluding hydrogens is 202 g/mol. The summed E-state index contributed by atoms with van der Waals surface area (Å²) in [5, 5.41) is 9.91. The van der Waals surface area contributed by atoms with Crippen LogP contribution in [0.15, 0.2) is 18.2 Å². The van der Waals surface area contributed by atoms with E-state index >= 15 is 0 Å². The van der Waals surface area contributed by atoms with Crippen LogP contribution < -0.4 is 4.90 Å². The quantitative estimate of drug-likeness (QED) is 0.840. The van der Waals surface area contributed by atoms with Gasteiger partial charge in [0.05, 0.1) is 6.61 Å². The summed E-state index contributed by atoms with van der Waals surface area (Å²) < 4.78 is 5.23. The van der Waals surface area contributed by atoms with Crippen LogP contribution in [-0.2, 0) is 11.2 Å². The van der Waals surface area contributed by atoms with E-state index in [-0.39, 0.29) is 0 Å². The number of benzene rings is 1. The molecule has 1 aliphatic rings. The fourth-order valence-electron chi connectivity index (χ4n) is 2.12. The van der Waals surface area contributed by atoms with Gasteiger partial charge in [-0.3, -0.25) is 0 Å². The number of ether oxygens (including phenoxy) is 1. The molecule has 3 nitrogen and oxygen atoms in total. The van der Waals surface area contributed by atoms with E-state index in [1.54, 1.807) is 0 Å². The number of hydrogen-bond donors (Lipinski definition) is 1. The maximum absolute atomic E-state index is 9.91. The number of aliphatic hydroxyl groups excluding tert-OH is 1. The summed E-state index contributed by atoms with van der Waals surface area (Å²) in [5.74, 6) is 0. The smallest absolute Gasteiger partial charge is 0.102 e. The van der Waals surface area contributed by atoms with Crippen LogP contribution >= 0.6 is 0 Å². The molecule has 3 heteroatoms. The monoisotopic (exact) mass is 221 g/mol. The van der Waals surface area contributed by atoms with Crippen LogP contribution in [-0.4, -0.2) is 31.9 Å². The van der Waals surface area contributed by atoms with Crippen LogP contribution in [0, 0.1) is 0 Å². The predicted molar refractivity (Wildman–Crippen MR) is 64.9 cm³/mol. The van der Waals surface area contributed by atoms with Gasteiger partial charge in [0.1, 0.15) is 6.10 Å². The van der Waals surface area contributed by atoms with Gasteiger partial charge in [-0.1, -0.05) is 12.1 Å². The van der Waals surface area contributed by atoms with Crippen molar-refractivity contribution in [2.24, 2.45) is 0 Å². The van der Waals surface area contributed by atoms with Crippen molar-refractivity contribution in [3.8, 4) is 0 Å². The van der Waals surface area contributed by atoms with E-state index in [0.29, 0.717) is 13.2 Å². The van der Waals surface area contributed by atoms with Crippen molar-refractivity contribution in [2.75, 3.05) is 31.7 Å². The number of fused-ring (bicyclic) bond motifs is 1. The highest BCUT2D eigenvalue weighted by atomic mass is 16.5. The van der Waals surface area contributed by atoms with Crippen LogP contribution in [0.25, 0.3) is 0 Å². The second kappa shape index (κ2) is 4.85. The van der Waals surface area contributed by atoms with Crippen molar-refractivity contribution < 1.29 is 9.84 Å². The topological polar surface area (TPSA) is 32.7 Å². The summed E-state index contributed by atoms with van der Waals surface area (Å²) in [6.45, 7) is 4.03. The third kappa shape index (κ3) is 2.20. The molecule has 0 saturated heterocycles.